The molecule has 0 radical (unpaired) electrons. The highest BCUT2D eigenvalue weighted by atomic mass is 79.9. The van der Waals surface area contributed by atoms with Crippen molar-refractivity contribution in [1.82, 2.24) is 0 Å². The standard InChI is InChI=1S/C17H21BrO7/c1-9(23-3)8-11-4-6-12(7-5-11)17(10(2)18)24-13(15(19)20)14(25-17)16(21)22/h4-7,9-10,13-14H,8H2,1-3H3,(H,19,20)(H,21,22)/t9?,10?,13-,14-/m1/s1. The van der Waals surface area contributed by atoms with Crippen LogP contribution in [0.5, 0.6) is 0 Å². The minimum Gasteiger partial charge on any atom is -0.479 e. The number of methoxy groups -OCH3 is 1. The van der Waals surface area contributed by atoms with Crippen LogP contribution in [0.1, 0.15) is 25.0 Å². The highest BCUT2D eigenvalue weighted by Crippen LogP contribution is 2.43. The Balaban J connectivity index is 2.35. The van der Waals surface area contributed by atoms with Crippen LogP contribution in [0.2, 0.25) is 0 Å². The zero-order valence-electron chi connectivity index (χ0n) is 14.1. The van der Waals surface area contributed by atoms with Crippen molar-refractivity contribution in [3.05, 3.63) is 35.4 Å². The topological polar surface area (TPSA) is 102 Å². The molecule has 0 aromatic heterocycles. The van der Waals surface area contributed by atoms with Gasteiger partial charge in [0, 0.05) is 12.7 Å². The van der Waals surface area contributed by atoms with E-state index in [4.69, 9.17) is 14.2 Å². The summed E-state index contributed by atoms with van der Waals surface area (Å²) in [4.78, 5) is 22.3. The van der Waals surface area contributed by atoms with Crippen LogP contribution in [-0.4, -0.2) is 52.4 Å². The van der Waals surface area contributed by atoms with Crippen molar-refractivity contribution in [3.8, 4) is 0 Å². The smallest absolute Gasteiger partial charge is 0.336 e. The summed E-state index contributed by atoms with van der Waals surface area (Å²) in [5.74, 6) is -4.27. The summed E-state index contributed by atoms with van der Waals surface area (Å²) in [6, 6.07) is 7.22. The molecule has 7 nitrogen and oxygen atoms in total. The molecule has 1 heterocycles. The number of hydrogen-bond acceptors (Lipinski definition) is 5. The summed E-state index contributed by atoms with van der Waals surface area (Å²) >= 11 is 3.36. The predicted molar refractivity (Wildman–Crippen MR) is 91.7 cm³/mol. The van der Waals surface area contributed by atoms with Crippen molar-refractivity contribution in [2.45, 2.75) is 49.2 Å². The number of halogens is 1. The van der Waals surface area contributed by atoms with Gasteiger partial charge in [0.05, 0.1) is 10.9 Å². The molecule has 1 aromatic carbocycles. The fourth-order valence-electron chi connectivity index (χ4n) is 2.73. The maximum atomic E-state index is 11.4. The molecule has 0 bridgehead atoms. The normalized spacial score (nSPS) is 24.6. The third-order valence-corrected chi connectivity index (χ3v) is 4.77. The summed E-state index contributed by atoms with van der Waals surface area (Å²) < 4.78 is 16.4. The van der Waals surface area contributed by atoms with E-state index in [-0.39, 0.29) is 6.10 Å². The van der Waals surface area contributed by atoms with Crippen molar-refractivity contribution >= 4 is 27.9 Å². The largest absolute Gasteiger partial charge is 0.479 e. The highest BCUT2D eigenvalue weighted by molar-refractivity contribution is 9.09. The lowest BCUT2D eigenvalue weighted by Crippen LogP contribution is -2.37. The Morgan fingerprint density at radius 3 is 2.00 bits per heavy atom. The first-order valence-electron chi connectivity index (χ1n) is 7.78. The molecule has 0 aliphatic carbocycles. The van der Waals surface area contributed by atoms with Gasteiger partial charge in [-0.3, -0.25) is 0 Å². The van der Waals surface area contributed by atoms with Gasteiger partial charge in [0.15, 0.2) is 12.2 Å². The molecular formula is C17H21BrO7. The Morgan fingerprint density at radius 1 is 1.16 bits per heavy atom. The van der Waals surface area contributed by atoms with E-state index in [1.54, 1.807) is 26.2 Å². The third-order valence-electron chi connectivity index (χ3n) is 4.17. The van der Waals surface area contributed by atoms with Gasteiger partial charge in [0.25, 0.3) is 0 Å². The summed E-state index contributed by atoms with van der Waals surface area (Å²) in [6.45, 7) is 3.66. The maximum absolute atomic E-state index is 11.4. The maximum Gasteiger partial charge on any atom is 0.336 e. The fraction of sp³-hybridized carbons (Fsp3) is 0.529. The molecule has 1 aliphatic rings. The second kappa shape index (κ2) is 7.82. The second-order valence-electron chi connectivity index (χ2n) is 5.98. The summed E-state index contributed by atoms with van der Waals surface area (Å²) in [5.41, 5.74) is 1.57. The van der Waals surface area contributed by atoms with Crippen molar-refractivity contribution < 1.29 is 34.0 Å². The number of alkyl halides is 1. The monoisotopic (exact) mass is 416 g/mol. The molecular weight excluding hydrogens is 396 g/mol. The lowest BCUT2D eigenvalue weighted by molar-refractivity contribution is -0.191. The molecule has 2 unspecified atom stereocenters. The summed E-state index contributed by atoms with van der Waals surface area (Å²) in [7, 11) is 1.64. The molecule has 138 valence electrons. The van der Waals surface area contributed by atoms with Gasteiger partial charge >= 0.3 is 11.9 Å². The number of carbonyl (C=O) groups is 2. The van der Waals surface area contributed by atoms with Gasteiger partial charge in [-0.15, -0.1) is 0 Å². The summed E-state index contributed by atoms with van der Waals surface area (Å²) in [5, 5.41) is 18.5. The molecule has 1 aliphatic heterocycles. The quantitative estimate of drug-likeness (QED) is 0.656. The van der Waals surface area contributed by atoms with Crippen LogP contribution in [0.15, 0.2) is 24.3 Å². The number of carboxylic acid groups (broad SMARTS) is 2. The Labute approximate surface area is 154 Å². The average Bonchev–Trinajstić information content (AvgIpc) is 2.98. The first-order valence-corrected chi connectivity index (χ1v) is 8.70. The predicted octanol–water partition coefficient (Wildman–Crippen LogP) is 2.15. The molecule has 1 saturated heterocycles. The molecule has 4 atom stereocenters. The Bertz CT molecular complexity index is 606. The molecule has 8 heteroatoms. The number of benzene rings is 1. The minimum absolute atomic E-state index is 0.0571. The number of hydrogen-bond donors (Lipinski definition) is 2. The lowest BCUT2D eigenvalue weighted by Gasteiger charge is -2.31. The van der Waals surface area contributed by atoms with E-state index in [2.05, 4.69) is 15.9 Å². The van der Waals surface area contributed by atoms with Gasteiger partial charge in [-0.05, 0) is 25.8 Å². The SMILES string of the molecule is COC(C)Cc1ccc(C2(C(C)Br)O[C@@H](C(=O)O)[C@H](C(=O)O)O2)cc1. The zero-order valence-corrected chi connectivity index (χ0v) is 15.7. The van der Waals surface area contributed by atoms with E-state index < -0.39 is 34.8 Å². The minimum atomic E-state index is -1.59. The number of aliphatic carboxylic acids is 2. The number of carboxylic acids is 2. The molecule has 25 heavy (non-hydrogen) atoms. The van der Waals surface area contributed by atoms with E-state index in [9.17, 15) is 19.8 Å². The van der Waals surface area contributed by atoms with Gasteiger partial charge in [-0.2, -0.15) is 0 Å². The van der Waals surface area contributed by atoms with Gasteiger partial charge in [-0.1, -0.05) is 40.2 Å². The first kappa shape index (κ1) is 19.8. The molecule has 2 rings (SSSR count). The van der Waals surface area contributed by atoms with Crippen LogP contribution < -0.4 is 0 Å². The number of ether oxygens (including phenoxy) is 3. The molecule has 2 N–H and O–H groups in total. The molecule has 1 aromatic rings. The van der Waals surface area contributed by atoms with Crippen LogP contribution in [0.3, 0.4) is 0 Å². The van der Waals surface area contributed by atoms with Crippen LogP contribution in [-0.2, 0) is 36.0 Å². The van der Waals surface area contributed by atoms with Crippen molar-refractivity contribution in [2.75, 3.05) is 7.11 Å². The lowest BCUT2D eigenvalue weighted by atomic mass is 9.99. The highest BCUT2D eigenvalue weighted by Gasteiger charge is 2.57. The summed E-state index contributed by atoms with van der Waals surface area (Å²) in [6.07, 6.45) is -2.41. The van der Waals surface area contributed by atoms with Gasteiger partial charge in [0.1, 0.15) is 0 Å². The Morgan fingerprint density at radius 2 is 1.64 bits per heavy atom. The van der Waals surface area contributed by atoms with E-state index in [0.29, 0.717) is 12.0 Å². The Hall–Kier alpha value is -1.48. The Kier molecular flexibility index (Phi) is 6.21. The third kappa shape index (κ3) is 4.03. The van der Waals surface area contributed by atoms with E-state index in [1.165, 1.54) is 0 Å². The van der Waals surface area contributed by atoms with E-state index >= 15 is 0 Å². The average molecular weight is 417 g/mol. The van der Waals surface area contributed by atoms with Crippen molar-refractivity contribution in [1.29, 1.82) is 0 Å². The van der Waals surface area contributed by atoms with Gasteiger partial charge in [0.2, 0.25) is 5.79 Å². The van der Waals surface area contributed by atoms with Gasteiger partial charge < -0.3 is 24.4 Å². The van der Waals surface area contributed by atoms with E-state index in [0.717, 1.165) is 5.56 Å². The van der Waals surface area contributed by atoms with Crippen LogP contribution >= 0.6 is 15.9 Å². The van der Waals surface area contributed by atoms with Crippen LogP contribution in [0.4, 0.5) is 0 Å². The molecule has 0 spiro atoms. The first-order chi connectivity index (χ1) is 11.7. The molecule has 0 saturated carbocycles. The van der Waals surface area contributed by atoms with Crippen LogP contribution in [0, 0.1) is 0 Å². The van der Waals surface area contributed by atoms with Crippen molar-refractivity contribution in [3.63, 3.8) is 0 Å². The van der Waals surface area contributed by atoms with Crippen molar-refractivity contribution in [2.24, 2.45) is 0 Å². The number of rotatable bonds is 7. The zero-order chi connectivity index (χ0) is 18.8. The van der Waals surface area contributed by atoms with E-state index in [1.807, 2.05) is 19.1 Å². The van der Waals surface area contributed by atoms with Gasteiger partial charge in [-0.25, -0.2) is 9.59 Å². The van der Waals surface area contributed by atoms with Crippen LogP contribution in [0.25, 0.3) is 0 Å². The second-order valence-corrected chi connectivity index (χ2v) is 7.36. The molecule has 0 amide bonds. The molecule has 1 fully saturated rings. The fourth-order valence-corrected chi connectivity index (χ4v) is 3.21.